The van der Waals surface area contributed by atoms with E-state index in [1.165, 1.54) is 16.4 Å². The van der Waals surface area contributed by atoms with Gasteiger partial charge in [-0.25, -0.2) is 4.68 Å². The Morgan fingerprint density at radius 3 is 3.07 bits per heavy atom. The van der Waals surface area contributed by atoms with Gasteiger partial charge in [-0.2, -0.15) is 5.10 Å². The van der Waals surface area contributed by atoms with E-state index in [1.807, 2.05) is 0 Å². The fourth-order valence-electron chi connectivity index (χ4n) is 1.86. The fraction of sp³-hybridized carbons (Fsp3) is 0.444. The van der Waals surface area contributed by atoms with E-state index in [9.17, 15) is 4.79 Å². The molecule has 6 heteroatoms. The van der Waals surface area contributed by atoms with Crippen LogP contribution in [0.25, 0.3) is 0 Å². The highest BCUT2D eigenvalue weighted by Gasteiger charge is 2.49. The first-order chi connectivity index (χ1) is 7.12. The molecule has 0 amide bonds. The zero-order valence-corrected chi connectivity index (χ0v) is 9.74. The number of nitrogens with zero attached hydrogens (tertiary/aromatic N) is 2. The third kappa shape index (κ3) is 1.24. The van der Waals surface area contributed by atoms with Crippen LogP contribution in [0.5, 0.6) is 0 Å². The Balaban J connectivity index is 2.28. The van der Waals surface area contributed by atoms with Gasteiger partial charge in [0.1, 0.15) is 4.32 Å². The molecule has 2 heterocycles. The number of nitrogens with one attached hydrogen (secondary N) is 1. The van der Waals surface area contributed by atoms with Crippen molar-refractivity contribution >= 4 is 28.3 Å². The summed E-state index contributed by atoms with van der Waals surface area (Å²) in [6.07, 6.45) is 3.86. The van der Waals surface area contributed by atoms with Gasteiger partial charge in [-0.1, -0.05) is 24.0 Å². The average molecular weight is 239 g/mol. The lowest BCUT2D eigenvalue weighted by molar-refractivity contribution is 0.594. The third-order valence-corrected chi connectivity index (χ3v) is 4.13. The zero-order chi connectivity index (χ0) is 10.6. The molecule has 1 N–H and O–H groups in total. The second-order valence-electron chi connectivity index (χ2n) is 3.91. The molecule has 1 spiro atoms. The first-order valence-electron chi connectivity index (χ1n) is 4.69. The Morgan fingerprint density at radius 2 is 2.40 bits per heavy atom. The van der Waals surface area contributed by atoms with Gasteiger partial charge in [0, 0.05) is 12.6 Å². The van der Waals surface area contributed by atoms with Gasteiger partial charge in [-0.05, 0) is 12.8 Å². The topological polar surface area (TPSA) is 46.9 Å². The minimum atomic E-state index is -0.0713. The van der Waals surface area contributed by atoms with E-state index in [-0.39, 0.29) is 11.1 Å². The maximum Gasteiger partial charge on any atom is 0.280 e. The fourth-order valence-corrected chi connectivity index (χ4v) is 3.31. The maximum atomic E-state index is 11.9. The molecule has 0 saturated heterocycles. The lowest BCUT2D eigenvalue weighted by Crippen LogP contribution is -2.39. The Hall–Kier alpha value is -0.880. The van der Waals surface area contributed by atoms with E-state index >= 15 is 0 Å². The van der Waals surface area contributed by atoms with Crippen molar-refractivity contribution in [2.45, 2.75) is 23.3 Å². The van der Waals surface area contributed by atoms with Crippen LogP contribution in [0.3, 0.4) is 0 Å². The number of aryl methyl sites for hydroxylation is 1. The van der Waals surface area contributed by atoms with Gasteiger partial charge in [0.05, 0.1) is 16.6 Å². The molecule has 1 saturated carbocycles. The van der Waals surface area contributed by atoms with Gasteiger partial charge in [0.25, 0.3) is 5.56 Å². The van der Waals surface area contributed by atoms with Crippen molar-refractivity contribution in [3.05, 3.63) is 22.1 Å². The van der Waals surface area contributed by atoms with Crippen LogP contribution in [0, 0.1) is 0 Å². The van der Waals surface area contributed by atoms with Crippen molar-refractivity contribution in [2.24, 2.45) is 7.05 Å². The molecule has 1 aromatic heterocycles. The van der Waals surface area contributed by atoms with Crippen molar-refractivity contribution in [1.29, 1.82) is 0 Å². The second-order valence-corrected chi connectivity index (χ2v) is 5.60. The van der Waals surface area contributed by atoms with E-state index < -0.39 is 0 Å². The first kappa shape index (κ1) is 9.35. The molecule has 2 aliphatic rings. The van der Waals surface area contributed by atoms with Crippen LogP contribution < -0.4 is 10.9 Å². The Bertz CT molecular complexity index is 519. The van der Waals surface area contributed by atoms with Crippen LogP contribution in [-0.4, -0.2) is 14.1 Å². The number of hydrogen-bond acceptors (Lipinski definition) is 4. The number of thioether (sulfide) groups is 1. The summed E-state index contributed by atoms with van der Waals surface area (Å²) >= 11 is 6.50. The normalized spacial score (nSPS) is 21.0. The summed E-state index contributed by atoms with van der Waals surface area (Å²) in [5.41, 5.74) is 0.898. The van der Waals surface area contributed by atoms with Gasteiger partial charge >= 0.3 is 0 Å². The molecule has 0 radical (unpaired) electrons. The zero-order valence-electron chi connectivity index (χ0n) is 8.11. The molecule has 1 aliphatic carbocycles. The Morgan fingerprint density at radius 1 is 1.67 bits per heavy atom. The molecular weight excluding hydrogens is 230 g/mol. The summed E-state index contributed by atoms with van der Waals surface area (Å²) in [6.45, 7) is 0. The van der Waals surface area contributed by atoms with Gasteiger partial charge < -0.3 is 5.32 Å². The van der Waals surface area contributed by atoms with Crippen molar-refractivity contribution < 1.29 is 0 Å². The lowest BCUT2D eigenvalue weighted by atomic mass is 10.1. The molecule has 3 rings (SSSR count). The Kier molecular flexibility index (Phi) is 1.76. The molecule has 1 aromatic rings. The highest BCUT2D eigenvalue weighted by molar-refractivity contribution is 8.23. The first-order valence-corrected chi connectivity index (χ1v) is 5.92. The molecule has 78 valence electrons. The summed E-state index contributed by atoms with van der Waals surface area (Å²) in [4.78, 5) is 12.6. The number of rotatable bonds is 0. The van der Waals surface area contributed by atoms with Gasteiger partial charge in [-0.3, -0.25) is 4.79 Å². The molecule has 1 aliphatic heterocycles. The number of fused-ring (bicyclic) bond motifs is 2. The highest BCUT2D eigenvalue weighted by atomic mass is 32.2. The molecule has 0 aromatic carbocycles. The quantitative estimate of drug-likeness (QED) is 0.677. The summed E-state index contributed by atoms with van der Waals surface area (Å²) in [7, 11) is 1.66. The van der Waals surface area contributed by atoms with Gasteiger partial charge in [0.15, 0.2) is 0 Å². The van der Waals surface area contributed by atoms with Gasteiger partial charge in [0.2, 0.25) is 0 Å². The van der Waals surface area contributed by atoms with Crippen LogP contribution in [-0.2, 0) is 12.6 Å². The predicted octanol–water partition coefficient (Wildman–Crippen LogP) is 0.750. The minimum absolute atomic E-state index is 0.0485. The van der Waals surface area contributed by atoms with Crippen LogP contribution in [0.15, 0.2) is 15.9 Å². The monoisotopic (exact) mass is 239 g/mol. The number of hydrogen-bond donors (Lipinski definition) is 1. The highest BCUT2D eigenvalue weighted by Crippen LogP contribution is 2.50. The molecule has 0 unspecified atom stereocenters. The molecular formula is C9H9N3OS2. The number of thiocarbonyl (C=S) groups is 1. The molecule has 0 bridgehead atoms. The van der Waals surface area contributed by atoms with E-state index in [2.05, 4.69) is 10.4 Å². The summed E-state index contributed by atoms with van der Waals surface area (Å²) in [5, 5.41) is 7.34. The largest absolute Gasteiger partial charge is 0.361 e. The van der Waals surface area contributed by atoms with Gasteiger partial charge in [-0.15, -0.1) is 0 Å². The SMILES string of the molecule is Cn1ncc2c(c1=O)SC(=S)NC21CC1. The van der Waals surface area contributed by atoms with Crippen molar-refractivity contribution in [1.82, 2.24) is 15.1 Å². The van der Waals surface area contributed by atoms with E-state index in [0.717, 1.165) is 23.3 Å². The molecule has 4 nitrogen and oxygen atoms in total. The maximum absolute atomic E-state index is 11.9. The smallest absolute Gasteiger partial charge is 0.280 e. The molecule has 15 heavy (non-hydrogen) atoms. The van der Waals surface area contributed by atoms with E-state index in [1.54, 1.807) is 13.2 Å². The van der Waals surface area contributed by atoms with Crippen LogP contribution in [0.2, 0.25) is 0 Å². The van der Waals surface area contributed by atoms with E-state index in [4.69, 9.17) is 12.2 Å². The van der Waals surface area contributed by atoms with Crippen molar-refractivity contribution in [3.63, 3.8) is 0 Å². The van der Waals surface area contributed by atoms with Crippen LogP contribution in [0.1, 0.15) is 18.4 Å². The predicted molar refractivity (Wildman–Crippen MR) is 62.0 cm³/mol. The summed E-state index contributed by atoms with van der Waals surface area (Å²) < 4.78 is 2.05. The Labute approximate surface area is 96.1 Å². The van der Waals surface area contributed by atoms with Crippen molar-refractivity contribution in [3.8, 4) is 0 Å². The second kappa shape index (κ2) is 2.82. The van der Waals surface area contributed by atoms with Crippen molar-refractivity contribution in [2.75, 3.05) is 0 Å². The minimum Gasteiger partial charge on any atom is -0.361 e. The van der Waals surface area contributed by atoms with E-state index in [0.29, 0.717) is 4.32 Å². The average Bonchev–Trinajstić information content (AvgIpc) is 2.93. The molecule has 1 fully saturated rings. The standard InChI is InChI=1S/C9H9N3OS2/c1-12-7(13)6-5(4-10-12)9(2-3-9)11-8(14)15-6/h4H,2-3H2,1H3,(H,11,14). The third-order valence-electron chi connectivity index (χ3n) is 2.89. The molecule has 0 atom stereocenters. The van der Waals surface area contributed by atoms with Crippen LogP contribution >= 0.6 is 24.0 Å². The number of aromatic nitrogens is 2. The van der Waals surface area contributed by atoms with Crippen LogP contribution in [0.4, 0.5) is 0 Å². The lowest BCUT2D eigenvalue weighted by Gasteiger charge is -2.26. The summed E-state index contributed by atoms with van der Waals surface area (Å²) in [6, 6.07) is 0. The summed E-state index contributed by atoms with van der Waals surface area (Å²) in [5.74, 6) is 0.